The van der Waals surface area contributed by atoms with Crippen molar-refractivity contribution < 1.29 is 4.74 Å². The number of nitrogens with zero attached hydrogens (tertiary/aromatic N) is 1. The molecule has 2 aromatic carbocycles. The summed E-state index contributed by atoms with van der Waals surface area (Å²) in [4.78, 5) is 0.847. The lowest BCUT2D eigenvalue weighted by Gasteiger charge is -2.11. The Labute approximate surface area is 129 Å². The van der Waals surface area contributed by atoms with Gasteiger partial charge in [-0.2, -0.15) is 5.26 Å². The molecule has 0 aliphatic heterocycles. The van der Waals surface area contributed by atoms with Gasteiger partial charge in [0.1, 0.15) is 11.2 Å². The molecular weight excluding hydrogens is 346 g/mol. The lowest BCUT2D eigenvalue weighted by Crippen LogP contribution is -1.88. The summed E-state index contributed by atoms with van der Waals surface area (Å²) in [6.45, 7) is 0. The fraction of sp³-hybridized carbons (Fsp3) is 0.0714. The zero-order valence-corrected chi connectivity index (χ0v) is 13.1. The van der Waals surface area contributed by atoms with Gasteiger partial charge in [0.15, 0.2) is 0 Å². The average Bonchev–Trinajstić information content (AvgIpc) is 2.42. The number of ether oxygens (including phenoxy) is 1. The van der Waals surface area contributed by atoms with Crippen molar-refractivity contribution in [3.63, 3.8) is 0 Å². The summed E-state index contributed by atoms with van der Waals surface area (Å²) < 4.78 is 6.09. The van der Waals surface area contributed by atoms with Crippen LogP contribution in [0.2, 0.25) is 5.02 Å². The second kappa shape index (κ2) is 6.33. The lowest BCUT2D eigenvalue weighted by molar-refractivity contribution is 0.415. The van der Waals surface area contributed by atoms with Crippen LogP contribution < -0.4 is 4.74 Å². The van der Waals surface area contributed by atoms with Gasteiger partial charge in [0, 0.05) is 20.0 Å². The number of rotatable bonds is 3. The first kappa shape index (κ1) is 14.3. The van der Waals surface area contributed by atoms with Crippen molar-refractivity contribution in [2.24, 2.45) is 0 Å². The van der Waals surface area contributed by atoms with Gasteiger partial charge < -0.3 is 4.74 Å². The number of benzene rings is 2. The van der Waals surface area contributed by atoms with E-state index in [9.17, 15) is 0 Å². The molecule has 2 aromatic rings. The Morgan fingerprint density at radius 2 is 2.05 bits per heavy atom. The molecule has 0 N–H and O–H groups in total. The van der Waals surface area contributed by atoms with Crippen LogP contribution in [0.3, 0.4) is 0 Å². The van der Waals surface area contributed by atoms with Gasteiger partial charge in [-0.1, -0.05) is 23.7 Å². The molecule has 2 nitrogen and oxygen atoms in total. The molecule has 0 spiro atoms. The maximum Gasteiger partial charge on any atom is 0.138 e. The summed E-state index contributed by atoms with van der Waals surface area (Å²) in [6.07, 6.45) is 0. The molecule has 0 amide bonds. The first-order chi connectivity index (χ1) is 9.17. The Hall–Kier alpha value is -1.15. The third-order valence-corrected chi connectivity index (χ3v) is 4.57. The summed E-state index contributed by atoms with van der Waals surface area (Å²) in [5, 5.41) is 11.6. The third kappa shape index (κ3) is 3.06. The molecule has 0 heterocycles. The van der Waals surface area contributed by atoms with Crippen molar-refractivity contribution in [3.8, 4) is 22.3 Å². The molecular formula is C14H9BrClNOS. The zero-order chi connectivity index (χ0) is 13.8. The maximum atomic E-state index is 8.92. The highest BCUT2D eigenvalue weighted by molar-refractivity contribution is 9.10. The van der Waals surface area contributed by atoms with Gasteiger partial charge in [0.05, 0.1) is 7.11 Å². The van der Waals surface area contributed by atoms with Gasteiger partial charge in [0.25, 0.3) is 0 Å². The number of halogens is 2. The third-order valence-electron chi connectivity index (χ3n) is 2.58. The summed E-state index contributed by atoms with van der Waals surface area (Å²) in [7, 11) is 1.61. The van der Waals surface area contributed by atoms with E-state index in [0.29, 0.717) is 5.02 Å². The second-order valence-electron chi connectivity index (χ2n) is 3.66. The quantitative estimate of drug-likeness (QED) is 0.550. The average molecular weight is 355 g/mol. The lowest BCUT2D eigenvalue weighted by atomic mass is 10.1. The van der Waals surface area contributed by atoms with Crippen LogP contribution in [0.25, 0.3) is 11.1 Å². The second-order valence-corrected chi connectivity index (χ2v) is 5.71. The predicted molar refractivity (Wildman–Crippen MR) is 82.6 cm³/mol. The van der Waals surface area contributed by atoms with Crippen LogP contribution in [0.4, 0.5) is 0 Å². The summed E-state index contributed by atoms with van der Waals surface area (Å²) in [6, 6.07) is 11.2. The molecule has 0 saturated heterocycles. The highest BCUT2D eigenvalue weighted by Crippen LogP contribution is 2.40. The van der Waals surface area contributed by atoms with E-state index in [1.165, 1.54) is 0 Å². The van der Waals surface area contributed by atoms with E-state index in [-0.39, 0.29) is 0 Å². The van der Waals surface area contributed by atoms with Gasteiger partial charge in [-0.05, 0) is 57.5 Å². The highest BCUT2D eigenvalue weighted by atomic mass is 79.9. The molecule has 0 saturated carbocycles. The van der Waals surface area contributed by atoms with Gasteiger partial charge in [0.2, 0.25) is 0 Å². The molecule has 0 unspecified atom stereocenters. The Balaban J connectivity index is 2.65. The minimum absolute atomic E-state index is 0.624. The van der Waals surface area contributed by atoms with Crippen LogP contribution in [0.1, 0.15) is 0 Å². The minimum Gasteiger partial charge on any atom is -0.497 e. The van der Waals surface area contributed by atoms with E-state index < -0.39 is 0 Å². The molecule has 0 aliphatic rings. The topological polar surface area (TPSA) is 33.0 Å². The Morgan fingerprint density at radius 3 is 2.74 bits per heavy atom. The molecule has 19 heavy (non-hydrogen) atoms. The monoisotopic (exact) mass is 353 g/mol. The molecule has 0 aliphatic carbocycles. The molecule has 5 heteroatoms. The fourth-order valence-electron chi connectivity index (χ4n) is 1.71. The Kier molecular flexibility index (Phi) is 4.76. The highest BCUT2D eigenvalue weighted by Gasteiger charge is 2.13. The number of thiocyanates is 1. The van der Waals surface area contributed by atoms with Crippen molar-refractivity contribution in [2.45, 2.75) is 4.90 Å². The molecule has 0 atom stereocenters. The molecule has 0 fully saturated rings. The summed E-state index contributed by atoms with van der Waals surface area (Å²) in [5.41, 5.74) is 1.75. The Bertz CT molecular complexity index is 654. The number of hydrogen-bond acceptors (Lipinski definition) is 3. The number of nitriles is 1. The SMILES string of the molecule is COc1ccc(Cl)c(-c2cccc(Br)c2SC#N)c1. The normalized spacial score (nSPS) is 10.0. The van der Waals surface area contributed by atoms with E-state index in [1.54, 1.807) is 19.2 Å². The molecule has 0 aromatic heterocycles. The zero-order valence-electron chi connectivity index (χ0n) is 9.98. The summed E-state index contributed by atoms with van der Waals surface area (Å²) >= 11 is 10.8. The predicted octanol–water partition coefficient (Wildman–Crippen LogP) is 5.35. The Morgan fingerprint density at radius 1 is 1.26 bits per heavy atom. The van der Waals surface area contributed by atoms with E-state index in [4.69, 9.17) is 21.6 Å². The number of thioether (sulfide) groups is 1. The first-order valence-electron chi connectivity index (χ1n) is 5.35. The van der Waals surface area contributed by atoms with Crippen LogP contribution >= 0.6 is 39.3 Å². The standard InChI is InChI=1S/C14H9BrClNOS/c1-18-9-5-6-13(16)11(7-9)10-3-2-4-12(15)14(10)19-8-17/h2-7H,1H3. The number of hydrogen-bond donors (Lipinski definition) is 0. The van der Waals surface area contributed by atoms with Crippen molar-refractivity contribution in [2.75, 3.05) is 7.11 Å². The van der Waals surface area contributed by atoms with Gasteiger partial charge >= 0.3 is 0 Å². The minimum atomic E-state index is 0.624. The molecule has 0 bridgehead atoms. The van der Waals surface area contributed by atoms with Crippen LogP contribution in [-0.2, 0) is 0 Å². The van der Waals surface area contributed by atoms with E-state index in [0.717, 1.165) is 38.0 Å². The van der Waals surface area contributed by atoms with Crippen molar-refractivity contribution in [3.05, 3.63) is 45.9 Å². The van der Waals surface area contributed by atoms with Gasteiger partial charge in [-0.25, -0.2) is 0 Å². The molecule has 0 radical (unpaired) electrons. The van der Waals surface area contributed by atoms with Crippen LogP contribution in [0, 0.1) is 10.7 Å². The van der Waals surface area contributed by atoms with Crippen LogP contribution in [0.15, 0.2) is 45.8 Å². The van der Waals surface area contributed by atoms with E-state index in [1.807, 2.05) is 24.3 Å². The van der Waals surface area contributed by atoms with Crippen LogP contribution in [0.5, 0.6) is 5.75 Å². The summed E-state index contributed by atoms with van der Waals surface area (Å²) in [5.74, 6) is 0.729. The van der Waals surface area contributed by atoms with Gasteiger partial charge in [-0.15, -0.1) is 0 Å². The molecule has 2 rings (SSSR count). The number of methoxy groups -OCH3 is 1. The van der Waals surface area contributed by atoms with E-state index in [2.05, 4.69) is 21.3 Å². The first-order valence-corrected chi connectivity index (χ1v) is 7.34. The van der Waals surface area contributed by atoms with Crippen molar-refractivity contribution in [1.29, 1.82) is 5.26 Å². The van der Waals surface area contributed by atoms with Crippen molar-refractivity contribution in [1.82, 2.24) is 0 Å². The van der Waals surface area contributed by atoms with Crippen LogP contribution in [-0.4, -0.2) is 7.11 Å². The fourth-order valence-corrected chi connectivity index (χ4v) is 3.08. The van der Waals surface area contributed by atoms with Crippen molar-refractivity contribution >= 4 is 39.3 Å². The smallest absolute Gasteiger partial charge is 0.138 e. The van der Waals surface area contributed by atoms with Gasteiger partial charge in [-0.3, -0.25) is 0 Å². The molecule has 96 valence electrons. The maximum absolute atomic E-state index is 8.92. The largest absolute Gasteiger partial charge is 0.497 e. The van der Waals surface area contributed by atoms with E-state index >= 15 is 0 Å².